The Kier molecular flexibility index (Phi) is 3.38. The molecule has 0 aromatic heterocycles. The Hall–Kier alpha value is -1.25. The Labute approximate surface area is 119 Å². The van der Waals surface area contributed by atoms with Gasteiger partial charge in [-0.1, -0.05) is 36.0 Å². The fraction of sp³-hybridized carbons (Fsp3) is 0.294. The van der Waals surface area contributed by atoms with Gasteiger partial charge >= 0.3 is 0 Å². The van der Waals surface area contributed by atoms with Gasteiger partial charge in [0.15, 0.2) is 0 Å². The van der Waals surface area contributed by atoms with Crippen LogP contribution in [0.25, 0.3) is 0 Å². The number of aryl methyl sites for hydroxylation is 1. The fourth-order valence-corrected chi connectivity index (χ4v) is 3.48. The van der Waals surface area contributed by atoms with Crippen molar-refractivity contribution in [3.63, 3.8) is 0 Å². The van der Waals surface area contributed by atoms with Gasteiger partial charge in [-0.25, -0.2) is 0 Å². The lowest BCUT2D eigenvalue weighted by Crippen LogP contribution is -2.38. The van der Waals surface area contributed by atoms with Gasteiger partial charge in [-0.2, -0.15) is 0 Å². The number of ether oxygens (including phenoxy) is 1. The van der Waals surface area contributed by atoms with Crippen molar-refractivity contribution in [2.24, 2.45) is 0 Å². The topological polar surface area (TPSA) is 9.23 Å². The van der Waals surface area contributed by atoms with Crippen LogP contribution < -0.4 is 0 Å². The van der Waals surface area contributed by atoms with Gasteiger partial charge in [0.1, 0.15) is 0 Å². The molecule has 0 spiro atoms. The highest BCUT2D eigenvalue weighted by atomic mass is 32.2. The maximum absolute atomic E-state index is 5.74. The van der Waals surface area contributed by atoms with Crippen molar-refractivity contribution in [1.29, 1.82) is 0 Å². The van der Waals surface area contributed by atoms with Crippen LogP contribution >= 0.6 is 11.8 Å². The minimum Gasteiger partial charge on any atom is -0.370 e. The van der Waals surface area contributed by atoms with Gasteiger partial charge in [0.25, 0.3) is 0 Å². The summed E-state index contributed by atoms with van der Waals surface area (Å²) in [6.07, 6.45) is 1.12. The summed E-state index contributed by atoms with van der Waals surface area (Å²) in [6, 6.07) is 17.2. The average molecular weight is 270 g/mol. The molecule has 1 aliphatic heterocycles. The summed E-state index contributed by atoms with van der Waals surface area (Å²) in [5.41, 5.74) is 2.60. The van der Waals surface area contributed by atoms with E-state index in [4.69, 9.17) is 4.74 Å². The molecule has 1 unspecified atom stereocenters. The molecular weight excluding hydrogens is 252 g/mol. The molecule has 0 saturated carbocycles. The molecular formula is C17H18OS. The van der Waals surface area contributed by atoms with Crippen molar-refractivity contribution >= 4 is 11.8 Å². The third kappa shape index (κ3) is 2.56. The van der Waals surface area contributed by atoms with Crippen molar-refractivity contribution in [3.05, 3.63) is 59.7 Å². The molecule has 2 heteroatoms. The van der Waals surface area contributed by atoms with Crippen molar-refractivity contribution in [2.45, 2.75) is 35.7 Å². The Morgan fingerprint density at radius 3 is 2.37 bits per heavy atom. The molecule has 1 aliphatic rings. The molecule has 1 saturated heterocycles. The first-order valence-corrected chi connectivity index (χ1v) is 7.47. The minimum atomic E-state index is -0.0555. The summed E-state index contributed by atoms with van der Waals surface area (Å²) in [4.78, 5) is 2.57. The minimum absolute atomic E-state index is 0.0555. The third-order valence-electron chi connectivity index (χ3n) is 3.75. The second kappa shape index (κ2) is 5.03. The van der Waals surface area contributed by atoms with Crippen molar-refractivity contribution in [1.82, 2.24) is 0 Å². The second-order valence-electron chi connectivity index (χ2n) is 5.22. The fourth-order valence-electron chi connectivity index (χ4n) is 2.54. The number of hydrogen-bond acceptors (Lipinski definition) is 2. The van der Waals surface area contributed by atoms with Gasteiger partial charge in [-0.15, -0.1) is 0 Å². The van der Waals surface area contributed by atoms with Crippen molar-refractivity contribution in [3.8, 4) is 0 Å². The van der Waals surface area contributed by atoms with E-state index in [1.807, 2.05) is 6.07 Å². The molecule has 1 fully saturated rings. The number of benzene rings is 2. The van der Waals surface area contributed by atoms with Gasteiger partial charge in [0.05, 0.1) is 12.2 Å². The molecule has 1 atom stereocenters. The van der Waals surface area contributed by atoms with Crippen LogP contribution in [0.3, 0.4) is 0 Å². The Morgan fingerprint density at radius 1 is 1.05 bits per heavy atom. The van der Waals surface area contributed by atoms with Crippen molar-refractivity contribution in [2.75, 3.05) is 6.61 Å². The van der Waals surface area contributed by atoms with Crippen LogP contribution in [0.2, 0.25) is 0 Å². The maximum atomic E-state index is 5.74. The van der Waals surface area contributed by atoms with E-state index in [0.717, 1.165) is 13.0 Å². The van der Waals surface area contributed by atoms with Crippen LogP contribution in [0, 0.1) is 6.92 Å². The van der Waals surface area contributed by atoms with Gasteiger partial charge in [-0.3, -0.25) is 0 Å². The Morgan fingerprint density at radius 2 is 1.79 bits per heavy atom. The summed E-state index contributed by atoms with van der Waals surface area (Å²) < 4.78 is 5.74. The molecule has 98 valence electrons. The lowest BCUT2D eigenvalue weighted by atomic mass is 9.86. The molecule has 2 aromatic rings. The lowest BCUT2D eigenvalue weighted by Gasteiger charge is -2.40. The van der Waals surface area contributed by atoms with E-state index in [1.54, 1.807) is 11.8 Å². The SMILES string of the molecule is Cc1cc(Sc2ccccc2)ccc1C1(C)CCO1. The summed E-state index contributed by atoms with van der Waals surface area (Å²) in [5, 5.41) is 0. The van der Waals surface area contributed by atoms with Crippen LogP contribution in [0.15, 0.2) is 58.3 Å². The summed E-state index contributed by atoms with van der Waals surface area (Å²) in [5.74, 6) is 0. The van der Waals surface area contributed by atoms with Crippen molar-refractivity contribution < 1.29 is 4.74 Å². The molecule has 0 N–H and O–H groups in total. The molecule has 0 amide bonds. The summed E-state index contributed by atoms with van der Waals surface area (Å²) >= 11 is 1.81. The molecule has 2 aromatic carbocycles. The average Bonchev–Trinajstić information content (AvgIpc) is 2.37. The quantitative estimate of drug-likeness (QED) is 0.793. The van der Waals surface area contributed by atoms with Crippen LogP contribution in [0.5, 0.6) is 0 Å². The van der Waals surface area contributed by atoms with Crippen LogP contribution in [0.1, 0.15) is 24.5 Å². The summed E-state index contributed by atoms with van der Waals surface area (Å²) in [6.45, 7) is 5.25. The smallest absolute Gasteiger partial charge is 0.0927 e. The molecule has 1 nitrogen and oxygen atoms in total. The van der Waals surface area contributed by atoms with Gasteiger partial charge < -0.3 is 4.74 Å². The molecule has 0 aliphatic carbocycles. The van der Waals surface area contributed by atoms with Gasteiger partial charge in [0.2, 0.25) is 0 Å². The first-order valence-electron chi connectivity index (χ1n) is 6.65. The zero-order valence-corrected chi connectivity index (χ0v) is 12.2. The van der Waals surface area contributed by atoms with Gasteiger partial charge in [-0.05, 0) is 49.2 Å². The number of rotatable bonds is 3. The van der Waals surface area contributed by atoms with E-state index in [0.29, 0.717) is 0 Å². The van der Waals surface area contributed by atoms with Crippen LogP contribution in [-0.4, -0.2) is 6.61 Å². The normalized spacial score (nSPS) is 22.0. The zero-order valence-electron chi connectivity index (χ0n) is 11.3. The lowest BCUT2D eigenvalue weighted by molar-refractivity contribution is -0.141. The first kappa shape index (κ1) is 12.8. The molecule has 1 heterocycles. The second-order valence-corrected chi connectivity index (χ2v) is 6.37. The van der Waals surface area contributed by atoms with E-state index in [9.17, 15) is 0 Å². The van der Waals surface area contributed by atoms with Crippen LogP contribution in [0.4, 0.5) is 0 Å². The van der Waals surface area contributed by atoms with E-state index in [2.05, 4.69) is 56.3 Å². The Balaban J connectivity index is 1.84. The zero-order chi connectivity index (χ0) is 13.3. The highest BCUT2D eigenvalue weighted by Crippen LogP contribution is 2.40. The largest absolute Gasteiger partial charge is 0.370 e. The van der Waals surface area contributed by atoms with E-state index >= 15 is 0 Å². The monoisotopic (exact) mass is 270 g/mol. The third-order valence-corrected chi connectivity index (χ3v) is 4.74. The highest BCUT2D eigenvalue weighted by molar-refractivity contribution is 7.99. The first-order chi connectivity index (χ1) is 9.17. The predicted octanol–water partition coefficient (Wildman–Crippen LogP) is 4.78. The highest BCUT2D eigenvalue weighted by Gasteiger charge is 2.35. The van der Waals surface area contributed by atoms with E-state index in [1.165, 1.54) is 20.9 Å². The van der Waals surface area contributed by atoms with Gasteiger partial charge in [0, 0.05) is 16.2 Å². The predicted molar refractivity (Wildman–Crippen MR) is 79.7 cm³/mol. The molecule has 0 bridgehead atoms. The molecule has 19 heavy (non-hydrogen) atoms. The number of hydrogen-bond donors (Lipinski definition) is 0. The standard InChI is InChI=1S/C17H18OS/c1-13-12-15(19-14-6-4-3-5-7-14)8-9-16(13)17(2)10-11-18-17/h3-9,12H,10-11H2,1-2H3. The Bertz CT molecular complexity index is 573. The summed E-state index contributed by atoms with van der Waals surface area (Å²) in [7, 11) is 0. The van der Waals surface area contributed by atoms with Crippen LogP contribution in [-0.2, 0) is 10.3 Å². The maximum Gasteiger partial charge on any atom is 0.0927 e. The van der Waals surface area contributed by atoms with E-state index < -0.39 is 0 Å². The van der Waals surface area contributed by atoms with E-state index in [-0.39, 0.29) is 5.60 Å². The molecule has 3 rings (SSSR count). The molecule has 0 radical (unpaired) electrons.